The number of nitrogens with one attached hydrogen (secondary N) is 1. The van der Waals surface area contributed by atoms with Crippen molar-refractivity contribution in [3.63, 3.8) is 0 Å². The van der Waals surface area contributed by atoms with Crippen LogP contribution in [0.3, 0.4) is 0 Å². The van der Waals surface area contributed by atoms with Crippen molar-refractivity contribution in [2.75, 3.05) is 32.1 Å². The minimum Gasteiger partial charge on any atom is -0.486 e. The second-order valence-electron chi connectivity index (χ2n) is 6.34. The number of carbonyl (C=O) groups is 1. The van der Waals surface area contributed by atoms with E-state index in [-0.39, 0.29) is 24.1 Å². The molecule has 26 heavy (non-hydrogen) atoms. The van der Waals surface area contributed by atoms with Crippen LogP contribution in [0.2, 0.25) is 0 Å². The zero-order chi connectivity index (χ0) is 18.5. The molecule has 2 aromatic carbocycles. The van der Waals surface area contributed by atoms with E-state index in [1.807, 2.05) is 25.2 Å². The Morgan fingerprint density at radius 3 is 2.69 bits per heavy atom. The van der Waals surface area contributed by atoms with E-state index < -0.39 is 5.82 Å². The van der Waals surface area contributed by atoms with Crippen LogP contribution in [0.4, 0.5) is 10.1 Å². The minimum atomic E-state index is -0.432. The fourth-order valence-electron chi connectivity index (χ4n) is 2.82. The number of hydrogen-bond donors (Lipinski definition) is 1. The van der Waals surface area contributed by atoms with Crippen molar-refractivity contribution in [1.82, 2.24) is 4.90 Å². The Morgan fingerprint density at radius 1 is 1.19 bits per heavy atom. The fourth-order valence-corrected chi connectivity index (χ4v) is 2.82. The number of fused-ring (bicyclic) bond motifs is 1. The molecule has 1 heterocycles. The first-order valence-corrected chi connectivity index (χ1v) is 8.69. The fraction of sp³-hybridized carbons (Fsp3) is 0.350. The van der Waals surface area contributed by atoms with Crippen molar-refractivity contribution >= 4 is 11.6 Å². The SMILES string of the molecule is C[C@H](c1ccc2c(c1)OCCO2)N(C)CCC(=O)Nc1ccccc1F. The van der Waals surface area contributed by atoms with E-state index in [1.165, 1.54) is 6.07 Å². The van der Waals surface area contributed by atoms with Crippen molar-refractivity contribution in [1.29, 1.82) is 0 Å². The molecule has 0 aromatic heterocycles. The van der Waals surface area contributed by atoms with E-state index in [0.717, 1.165) is 17.1 Å². The lowest BCUT2D eigenvalue weighted by atomic mass is 10.1. The Labute approximate surface area is 152 Å². The van der Waals surface area contributed by atoms with Crippen molar-refractivity contribution in [3.8, 4) is 11.5 Å². The van der Waals surface area contributed by atoms with Crippen molar-refractivity contribution in [2.45, 2.75) is 19.4 Å². The molecule has 3 rings (SSSR count). The zero-order valence-corrected chi connectivity index (χ0v) is 15.0. The molecule has 0 saturated heterocycles. The number of hydrogen-bond acceptors (Lipinski definition) is 4. The second-order valence-corrected chi connectivity index (χ2v) is 6.34. The van der Waals surface area contributed by atoms with Crippen LogP contribution in [0.5, 0.6) is 11.5 Å². The van der Waals surface area contributed by atoms with Gasteiger partial charge in [0.05, 0.1) is 5.69 Å². The van der Waals surface area contributed by atoms with Crippen molar-refractivity contribution in [2.24, 2.45) is 0 Å². The summed E-state index contributed by atoms with van der Waals surface area (Å²) in [6, 6.07) is 12.2. The highest BCUT2D eigenvalue weighted by molar-refractivity contribution is 5.90. The average Bonchev–Trinajstić information content (AvgIpc) is 2.67. The molecule has 0 unspecified atom stereocenters. The summed E-state index contributed by atoms with van der Waals surface area (Å²) in [4.78, 5) is 14.2. The van der Waals surface area contributed by atoms with Gasteiger partial charge in [-0.2, -0.15) is 0 Å². The summed E-state index contributed by atoms with van der Waals surface area (Å²) < 4.78 is 24.8. The van der Waals surface area contributed by atoms with Gasteiger partial charge in [-0.3, -0.25) is 9.69 Å². The lowest BCUT2D eigenvalue weighted by Gasteiger charge is -2.26. The summed E-state index contributed by atoms with van der Waals surface area (Å²) in [5.74, 6) is 0.876. The van der Waals surface area contributed by atoms with Crippen LogP contribution in [-0.4, -0.2) is 37.6 Å². The van der Waals surface area contributed by atoms with Gasteiger partial charge in [-0.1, -0.05) is 18.2 Å². The van der Waals surface area contributed by atoms with Crippen LogP contribution >= 0.6 is 0 Å². The standard InChI is InChI=1S/C20H23FN2O3/c1-14(15-7-8-18-19(13-15)26-12-11-25-18)23(2)10-9-20(24)22-17-6-4-3-5-16(17)21/h3-8,13-14H,9-12H2,1-2H3,(H,22,24)/t14-/m1/s1. The van der Waals surface area contributed by atoms with E-state index in [4.69, 9.17) is 9.47 Å². The maximum Gasteiger partial charge on any atom is 0.225 e. The molecule has 0 spiro atoms. The third kappa shape index (κ3) is 4.32. The molecule has 2 aromatic rings. The maximum atomic E-state index is 13.6. The van der Waals surface area contributed by atoms with Crippen LogP contribution in [0, 0.1) is 5.82 Å². The highest BCUT2D eigenvalue weighted by Gasteiger charge is 2.18. The van der Waals surface area contributed by atoms with E-state index >= 15 is 0 Å². The zero-order valence-electron chi connectivity index (χ0n) is 15.0. The number of nitrogens with zero attached hydrogens (tertiary/aromatic N) is 1. The largest absolute Gasteiger partial charge is 0.486 e. The molecule has 138 valence electrons. The lowest BCUT2D eigenvalue weighted by molar-refractivity contribution is -0.116. The first kappa shape index (κ1) is 18.2. The number of ether oxygens (including phenoxy) is 2. The van der Waals surface area contributed by atoms with Gasteiger partial charge in [0.15, 0.2) is 11.5 Å². The number of benzene rings is 2. The van der Waals surface area contributed by atoms with Crippen LogP contribution < -0.4 is 14.8 Å². The molecule has 1 amide bonds. The Hall–Kier alpha value is -2.60. The average molecular weight is 358 g/mol. The Kier molecular flexibility index (Phi) is 5.73. The molecule has 1 aliphatic heterocycles. The van der Waals surface area contributed by atoms with E-state index in [1.54, 1.807) is 18.2 Å². The third-order valence-electron chi connectivity index (χ3n) is 4.55. The summed E-state index contributed by atoms with van der Waals surface area (Å²) in [6.07, 6.45) is 0.278. The molecule has 0 fully saturated rings. The van der Waals surface area contributed by atoms with Crippen LogP contribution in [0.15, 0.2) is 42.5 Å². The first-order valence-electron chi connectivity index (χ1n) is 8.69. The highest BCUT2D eigenvalue weighted by atomic mass is 19.1. The van der Waals surface area contributed by atoms with E-state index in [2.05, 4.69) is 17.1 Å². The number of amides is 1. The van der Waals surface area contributed by atoms with Gasteiger partial charge in [-0.25, -0.2) is 4.39 Å². The molecule has 1 aliphatic rings. The molecule has 1 atom stereocenters. The van der Waals surface area contributed by atoms with Gasteiger partial charge in [0, 0.05) is 19.0 Å². The molecule has 1 N–H and O–H groups in total. The monoisotopic (exact) mass is 358 g/mol. The Bertz CT molecular complexity index is 781. The van der Waals surface area contributed by atoms with Gasteiger partial charge in [0.1, 0.15) is 19.0 Å². The normalized spacial score (nSPS) is 14.2. The summed E-state index contributed by atoms with van der Waals surface area (Å²) in [7, 11) is 1.96. The van der Waals surface area contributed by atoms with E-state index in [9.17, 15) is 9.18 Å². The molecule has 0 radical (unpaired) electrons. The van der Waals surface area contributed by atoms with Crippen molar-refractivity contribution in [3.05, 3.63) is 53.8 Å². The van der Waals surface area contributed by atoms with Crippen molar-refractivity contribution < 1.29 is 18.7 Å². The molecule has 0 aliphatic carbocycles. The summed E-state index contributed by atoms with van der Waals surface area (Å²) in [6.45, 7) is 3.74. The molecule has 0 bridgehead atoms. The van der Waals surface area contributed by atoms with Crippen LogP contribution in [0.25, 0.3) is 0 Å². The Balaban J connectivity index is 1.55. The molecule has 6 heteroatoms. The summed E-state index contributed by atoms with van der Waals surface area (Å²) in [5.41, 5.74) is 1.30. The maximum absolute atomic E-state index is 13.6. The molecular weight excluding hydrogens is 335 g/mol. The number of anilines is 1. The third-order valence-corrected chi connectivity index (χ3v) is 4.55. The predicted molar refractivity (Wildman–Crippen MR) is 98.1 cm³/mol. The number of carbonyl (C=O) groups excluding carboxylic acids is 1. The number of para-hydroxylation sites is 1. The summed E-state index contributed by atoms with van der Waals surface area (Å²) in [5, 5.41) is 2.61. The molecule has 5 nitrogen and oxygen atoms in total. The smallest absolute Gasteiger partial charge is 0.225 e. The van der Waals surface area contributed by atoms with Gasteiger partial charge < -0.3 is 14.8 Å². The minimum absolute atomic E-state index is 0.104. The van der Waals surface area contributed by atoms with Gasteiger partial charge in [-0.05, 0) is 43.8 Å². The topological polar surface area (TPSA) is 50.8 Å². The summed E-state index contributed by atoms with van der Waals surface area (Å²) >= 11 is 0. The predicted octanol–water partition coefficient (Wildman–Crippen LogP) is 3.62. The van der Waals surface area contributed by atoms with Gasteiger partial charge in [0.25, 0.3) is 0 Å². The molecular formula is C20H23FN2O3. The Morgan fingerprint density at radius 2 is 1.92 bits per heavy atom. The van der Waals surface area contributed by atoms with Crippen LogP contribution in [-0.2, 0) is 4.79 Å². The number of halogens is 1. The van der Waals surface area contributed by atoms with E-state index in [0.29, 0.717) is 19.8 Å². The van der Waals surface area contributed by atoms with Gasteiger partial charge in [-0.15, -0.1) is 0 Å². The van der Waals surface area contributed by atoms with Gasteiger partial charge in [0.2, 0.25) is 5.91 Å². The first-order chi connectivity index (χ1) is 12.5. The molecule has 0 saturated carbocycles. The van der Waals surface area contributed by atoms with Gasteiger partial charge >= 0.3 is 0 Å². The highest BCUT2D eigenvalue weighted by Crippen LogP contribution is 2.33. The lowest BCUT2D eigenvalue weighted by Crippen LogP contribution is -2.27. The van der Waals surface area contributed by atoms with Crippen LogP contribution in [0.1, 0.15) is 24.9 Å². The quantitative estimate of drug-likeness (QED) is 0.857. The number of rotatable bonds is 6. The second kappa shape index (κ2) is 8.19.